The van der Waals surface area contributed by atoms with Gasteiger partial charge in [-0.1, -0.05) is 57.4 Å². The average Bonchev–Trinajstić information content (AvgIpc) is 2.28. The number of hydrogen-bond acceptors (Lipinski definition) is 2. The highest BCUT2D eigenvalue weighted by molar-refractivity contribution is 6.59. The molecule has 0 aliphatic carbocycles. The van der Waals surface area contributed by atoms with Crippen molar-refractivity contribution < 1.29 is 10.0 Å². The van der Waals surface area contributed by atoms with Crippen LogP contribution in [0.25, 0.3) is 0 Å². The molecule has 1 aromatic carbocycles. The minimum atomic E-state index is -1.35. The first-order valence-corrected chi connectivity index (χ1v) is 6.55. The summed E-state index contributed by atoms with van der Waals surface area (Å²) in [5.74, 6) is 0.779. The summed E-state index contributed by atoms with van der Waals surface area (Å²) in [7, 11) is -1.35. The van der Waals surface area contributed by atoms with E-state index in [9.17, 15) is 10.0 Å². The molecular formula is C14H23BO2. The van der Waals surface area contributed by atoms with Crippen molar-refractivity contribution in [1.82, 2.24) is 0 Å². The molecule has 1 rings (SSSR count). The Morgan fingerprint density at radius 1 is 1.06 bits per heavy atom. The largest absolute Gasteiger partial charge is 0.488 e. The molecule has 94 valence electrons. The smallest absolute Gasteiger partial charge is 0.423 e. The Labute approximate surface area is 105 Å². The van der Waals surface area contributed by atoms with Crippen LogP contribution in [0.3, 0.4) is 0 Å². The maximum atomic E-state index is 9.24. The molecule has 1 aromatic rings. The number of hydrogen-bond donors (Lipinski definition) is 2. The summed E-state index contributed by atoms with van der Waals surface area (Å²) >= 11 is 0. The van der Waals surface area contributed by atoms with Gasteiger partial charge in [-0.2, -0.15) is 0 Å². The van der Waals surface area contributed by atoms with Crippen molar-refractivity contribution >= 4 is 12.6 Å². The standard InChI is InChI=1S/C14H23BO2/c1-12(2)8-4-3-5-9-13-10-6-7-11-14(13)15(16)17/h6-7,10-12,16-17H,3-5,8-9H2,1-2H3. The van der Waals surface area contributed by atoms with Crippen LogP contribution in [0.1, 0.15) is 45.1 Å². The maximum absolute atomic E-state index is 9.24. The molecule has 0 radical (unpaired) electrons. The molecule has 0 aromatic heterocycles. The summed E-state index contributed by atoms with van der Waals surface area (Å²) in [4.78, 5) is 0. The second-order valence-electron chi connectivity index (χ2n) is 5.07. The lowest BCUT2D eigenvalue weighted by Crippen LogP contribution is -2.32. The number of aryl methyl sites for hydroxylation is 1. The predicted molar refractivity (Wildman–Crippen MR) is 73.3 cm³/mol. The summed E-state index contributed by atoms with van der Waals surface area (Å²) in [5, 5.41) is 18.5. The highest BCUT2D eigenvalue weighted by atomic mass is 16.4. The molecule has 2 nitrogen and oxygen atoms in total. The Kier molecular flexibility index (Phi) is 6.31. The summed E-state index contributed by atoms with van der Waals surface area (Å²) < 4.78 is 0. The topological polar surface area (TPSA) is 40.5 Å². The zero-order valence-electron chi connectivity index (χ0n) is 10.9. The fraction of sp³-hybridized carbons (Fsp3) is 0.571. The second-order valence-corrected chi connectivity index (χ2v) is 5.07. The molecule has 3 heteroatoms. The lowest BCUT2D eigenvalue weighted by Gasteiger charge is -2.09. The van der Waals surface area contributed by atoms with Crippen molar-refractivity contribution in [3.05, 3.63) is 29.8 Å². The van der Waals surface area contributed by atoms with E-state index in [-0.39, 0.29) is 0 Å². The zero-order chi connectivity index (χ0) is 12.7. The van der Waals surface area contributed by atoms with E-state index in [1.165, 1.54) is 19.3 Å². The van der Waals surface area contributed by atoms with Gasteiger partial charge in [-0.15, -0.1) is 0 Å². The van der Waals surface area contributed by atoms with Crippen LogP contribution in [0.5, 0.6) is 0 Å². The highest BCUT2D eigenvalue weighted by Gasteiger charge is 2.14. The number of benzene rings is 1. The molecule has 0 spiro atoms. The summed E-state index contributed by atoms with van der Waals surface area (Å²) in [6, 6.07) is 7.57. The van der Waals surface area contributed by atoms with Crippen molar-refractivity contribution in [3.63, 3.8) is 0 Å². The van der Waals surface area contributed by atoms with Gasteiger partial charge in [0.2, 0.25) is 0 Å². The molecule has 17 heavy (non-hydrogen) atoms. The molecule has 0 atom stereocenters. The van der Waals surface area contributed by atoms with Gasteiger partial charge in [0, 0.05) is 0 Å². The van der Waals surface area contributed by atoms with Crippen LogP contribution in [-0.4, -0.2) is 17.2 Å². The van der Waals surface area contributed by atoms with Crippen LogP contribution in [0.15, 0.2) is 24.3 Å². The molecule has 0 fully saturated rings. The lowest BCUT2D eigenvalue weighted by atomic mass is 9.76. The molecule has 0 amide bonds. The third kappa shape index (κ3) is 5.38. The SMILES string of the molecule is CC(C)CCCCCc1ccccc1B(O)O. The van der Waals surface area contributed by atoms with Crippen molar-refractivity contribution in [1.29, 1.82) is 0 Å². The van der Waals surface area contributed by atoms with Gasteiger partial charge in [0.25, 0.3) is 0 Å². The quantitative estimate of drug-likeness (QED) is 0.560. The zero-order valence-corrected chi connectivity index (χ0v) is 10.9. The van der Waals surface area contributed by atoms with E-state index < -0.39 is 7.12 Å². The first-order chi connectivity index (χ1) is 8.11. The van der Waals surface area contributed by atoms with Crippen molar-refractivity contribution in [2.75, 3.05) is 0 Å². The van der Waals surface area contributed by atoms with Crippen LogP contribution in [-0.2, 0) is 6.42 Å². The molecular weight excluding hydrogens is 211 g/mol. The van der Waals surface area contributed by atoms with E-state index >= 15 is 0 Å². The van der Waals surface area contributed by atoms with Crippen LogP contribution < -0.4 is 5.46 Å². The van der Waals surface area contributed by atoms with Crippen LogP contribution in [0.4, 0.5) is 0 Å². The fourth-order valence-electron chi connectivity index (χ4n) is 2.06. The molecule has 0 bridgehead atoms. The lowest BCUT2D eigenvalue weighted by molar-refractivity contribution is 0.425. The van der Waals surface area contributed by atoms with E-state index in [1.807, 2.05) is 18.2 Å². The van der Waals surface area contributed by atoms with Gasteiger partial charge in [0.05, 0.1) is 0 Å². The molecule has 0 aliphatic heterocycles. The van der Waals surface area contributed by atoms with Gasteiger partial charge < -0.3 is 10.0 Å². The Morgan fingerprint density at radius 2 is 1.76 bits per heavy atom. The van der Waals surface area contributed by atoms with Crippen LogP contribution in [0.2, 0.25) is 0 Å². The third-order valence-corrected chi connectivity index (χ3v) is 3.06. The monoisotopic (exact) mass is 234 g/mol. The van der Waals surface area contributed by atoms with Crippen LogP contribution in [0, 0.1) is 5.92 Å². The van der Waals surface area contributed by atoms with Gasteiger partial charge >= 0.3 is 7.12 Å². The molecule has 0 aliphatic rings. The van der Waals surface area contributed by atoms with Gasteiger partial charge in [0.15, 0.2) is 0 Å². The van der Waals surface area contributed by atoms with Crippen molar-refractivity contribution in [2.45, 2.75) is 46.0 Å². The average molecular weight is 234 g/mol. The molecule has 0 saturated heterocycles. The molecule has 0 unspecified atom stereocenters. The van der Waals surface area contributed by atoms with Gasteiger partial charge in [-0.05, 0) is 29.8 Å². The van der Waals surface area contributed by atoms with E-state index in [0.717, 1.165) is 24.3 Å². The minimum Gasteiger partial charge on any atom is -0.423 e. The van der Waals surface area contributed by atoms with Crippen molar-refractivity contribution in [2.24, 2.45) is 5.92 Å². The van der Waals surface area contributed by atoms with E-state index in [2.05, 4.69) is 13.8 Å². The first-order valence-electron chi connectivity index (χ1n) is 6.55. The van der Waals surface area contributed by atoms with E-state index in [1.54, 1.807) is 6.07 Å². The highest BCUT2D eigenvalue weighted by Crippen LogP contribution is 2.10. The van der Waals surface area contributed by atoms with Gasteiger partial charge in [-0.3, -0.25) is 0 Å². The number of unbranched alkanes of at least 4 members (excludes halogenated alkanes) is 2. The Hall–Kier alpha value is -0.795. The molecule has 0 heterocycles. The predicted octanol–water partition coefficient (Wildman–Crippen LogP) is 2.13. The van der Waals surface area contributed by atoms with Crippen molar-refractivity contribution in [3.8, 4) is 0 Å². The second kappa shape index (κ2) is 7.52. The van der Waals surface area contributed by atoms with Gasteiger partial charge in [0.1, 0.15) is 0 Å². The Morgan fingerprint density at radius 3 is 2.41 bits per heavy atom. The van der Waals surface area contributed by atoms with E-state index in [4.69, 9.17) is 0 Å². The fourth-order valence-corrected chi connectivity index (χ4v) is 2.06. The third-order valence-electron chi connectivity index (χ3n) is 3.06. The Balaban J connectivity index is 2.36. The minimum absolute atomic E-state index is 0.649. The maximum Gasteiger partial charge on any atom is 0.488 e. The summed E-state index contributed by atoms with van der Waals surface area (Å²) in [6.45, 7) is 4.49. The Bertz CT molecular complexity index is 324. The molecule has 0 saturated carbocycles. The van der Waals surface area contributed by atoms with Crippen LogP contribution >= 0.6 is 0 Å². The summed E-state index contributed by atoms with van der Waals surface area (Å²) in [6.07, 6.45) is 5.82. The number of rotatable bonds is 7. The first kappa shape index (κ1) is 14.3. The normalized spacial score (nSPS) is 10.9. The summed E-state index contributed by atoms with van der Waals surface area (Å²) in [5.41, 5.74) is 1.71. The van der Waals surface area contributed by atoms with Gasteiger partial charge in [-0.25, -0.2) is 0 Å². The molecule has 2 N–H and O–H groups in total. The van der Waals surface area contributed by atoms with E-state index in [0.29, 0.717) is 5.46 Å².